The Kier molecular flexibility index (Phi) is 3.76. The average molecular weight is 360 g/mol. The highest BCUT2D eigenvalue weighted by atomic mass is 32.1. The van der Waals surface area contributed by atoms with Gasteiger partial charge in [-0.2, -0.15) is 0 Å². The summed E-state index contributed by atoms with van der Waals surface area (Å²) in [5, 5.41) is 4.03. The molecule has 0 atom stereocenters. The van der Waals surface area contributed by atoms with Crippen molar-refractivity contribution in [3.05, 3.63) is 57.6 Å². The first-order chi connectivity index (χ1) is 11.3. The Morgan fingerprint density at radius 2 is 2.30 bits per heavy atom. The van der Waals surface area contributed by atoms with Crippen molar-refractivity contribution in [2.24, 2.45) is 0 Å². The van der Waals surface area contributed by atoms with Crippen LogP contribution in [0.5, 0.6) is 0 Å². The van der Waals surface area contributed by atoms with Crippen LogP contribution in [0.2, 0.25) is 0 Å². The third-order valence-corrected chi connectivity index (χ3v) is 6.14. The van der Waals surface area contributed by atoms with Gasteiger partial charge in [0.1, 0.15) is 4.83 Å². The number of thiophene rings is 2. The number of hydrogen-bond acceptors (Lipinski definition) is 5. The van der Waals surface area contributed by atoms with Crippen LogP contribution in [0.3, 0.4) is 0 Å². The molecule has 116 valence electrons. The fourth-order valence-corrected chi connectivity index (χ4v) is 4.96. The molecule has 0 bridgehead atoms. The first kappa shape index (κ1) is 14.6. The molecule has 4 rings (SSSR count). The van der Waals surface area contributed by atoms with Crippen molar-refractivity contribution in [3.8, 4) is 0 Å². The number of carbonyl (C=O) groups is 1. The second-order valence-corrected chi connectivity index (χ2v) is 7.96. The zero-order valence-electron chi connectivity index (χ0n) is 12.1. The van der Waals surface area contributed by atoms with Crippen LogP contribution in [-0.4, -0.2) is 26.7 Å². The minimum Gasteiger partial charge on any atom is -0.329 e. The van der Waals surface area contributed by atoms with Gasteiger partial charge in [0.05, 0.1) is 16.9 Å². The molecular weight excluding hydrogens is 346 g/mol. The molecule has 0 saturated carbocycles. The zero-order chi connectivity index (χ0) is 15.8. The number of amides is 1. The Balaban J connectivity index is 1.67. The Bertz CT molecular complexity index is 977. The van der Waals surface area contributed by atoms with Gasteiger partial charge in [0.2, 0.25) is 0 Å². The normalized spacial score (nSPS) is 11.3. The number of hydrogen-bond donors (Lipinski definition) is 0. The SMILES string of the molecule is C=CCN(Cc1cccs1)C(=O)c1cc2c(nc3sccn32)s1. The molecule has 0 aliphatic carbocycles. The summed E-state index contributed by atoms with van der Waals surface area (Å²) in [5.74, 6) is 0.0327. The highest BCUT2D eigenvalue weighted by Gasteiger charge is 2.20. The lowest BCUT2D eigenvalue weighted by Crippen LogP contribution is -2.29. The molecule has 23 heavy (non-hydrogen) atoms. The standard InChI is InChI=1S/C16H13N3OS3/c1-2-5-18(10-11-4-3-7-21-11)15(20)13-9-12-14(23-13)17-16-19(12)6-8-22-16/h2-4,6-9H,1,5,10H2. The summed E-state index contributed by atoms with van der Waals surface area (Å²) < 4.78 is 2.03. The number of thiazole rings is 1. The Labute approximate surface area is 144 Å². The van der Waals surface area contributed by atoms with Crippen LogP contribution < -0.4 is 0 Å². The highest BCUT2D eigenvalue weighted by molar-refractivity contribution is 7.21. The number of imidazole rings is 1. The first-order valence-electron chi connectivity index (χ1n) is 7.04. The molecule has 1 amide bonds. The number of aromatic nitrogens is 2. The van der Waals surface area contributed by atoms with Gasteiger partial charge >= 0.3 is 0 Å². The summed E-state index contributed by atoms with van der Waals surface area (Å²) in [6.45, 7) is 4.92. The third-order valence-electron chi connectivity index (χ3n) is 3.51. The maximum absolute atomic E-state index is 12.9. The van der Waals surface area contributed by atoms with Crippen LogP contribution in [0.25, 0.3) is 15.3 Å². The largest absolute Gasteiger partial charge is 0.329 e. The number of nitrogens with zero attached hydrogens (tertiary/aromatic N) is 3. The summed E-state index contributed by atoms with van der Waals surface area (Å²) in [6, 6.07) is 5.99. The summed E-state index contributed by atoms with van der Waals surface area (Å²) in [5.41, 5.74) is 1.00. The number of carbonyl (C=O) groups excluding carboxylic acids is 1. The highest BCUT2D eigenvalue weighted by Crippen LogP contribution is 2.29. The average Bonchev–Trinajstić information content (AvgIpc) is 3.27. The van der Waals surface area contributed by atoms with Gasteiger partial charge in [0, 0.05) is 23.0 Å². The first-order valence-corrected chi connectivity index (χ1v) is 9.61. The van der Waals surface area contributed by atoms with E-state index < -0.39 is 0 Å². The Hall–Kier alpha value is -1.96. The van der Waals surface area contributed by atoms with E-state index in [0.29, 0.717) is 13.1 Å². The maximum Gasteiger partial charge on any atom is 0.264 e. The van der Waals surface area contributed by atoms with Crippen molar-refractivity contribution in [2.45, 2.75) is 6.54 Å². The molecule has 4 nitrogen and oxygen atoms in total. The van der Waals surface area contributed by atoms with Gasteiger partial charge in [-0.1, -0.05) is 12.1 Å². The predicted octanol–water partition coefficient (Wildman–Crippen LogP) is 4.50. The molecule has 0 unspecified atom stereocenters. The molecule has 7 heteroatoms. The van der Waals surface area contributed by atoms with Crippen LogP contribution in [-0.2, 0) is 6.54 Å². The van der Waals surface area contributed by atoms with Crippen molar-refractivity contribution in [1.82, 2.24) is 14.3 Å². The van der Waals surface area contributed by atoms with Crippen LogP contribution in [0.1, 0.15) is 14.5 Å². The quantitative estimate of drug-likeness (QED) is 0.492. The summed E-state index contributed by atoms with van der Waals surface area (Å²) in [7, 11) is 0. The molecule has 0 aliphatic rings. The monoisotopic (exact) mass is 359 g/mol. The molecule has 4 aromatic heterocycles. The van der Waals surface area contributed by atoms with E-state index in [4.69, 9.17) is 0 Å². The van der Waals surface area contributed by atoms with E-state index >= 15 is 0 Å². The van der Waals surface area contributed by atoms with E-state index in [9.17, 15) is 4.79 Å². The van der Waals surface area contributed by atoms with E-state index in [1.54, 1.807) is 28.7 Å². The number of rotatable bonds is 5. The predicted molar refractivity (Wildman–Crippen MR) is 97.7 cm³/mol. The van der Waals surface area contributed by atoms with Crippen LogP contribution in [0.15, 0.2) is 47.8 Å². The van der Waals surface area contributed by atoms with E-state index in [-0.39, 0.29) is 5.91 Å². The lowest BCUT2D eigenvalue weighted by Gasteiger charge is -2.19. The van der Waals surface area contributed by atoms with Gasteiger partial charge in [-0.05, 0) is 17.5 Å². The molecule has 4 heterocycles. The van der Waals surface area contributed by atoms with Gasteiger partial charge in [0.15, 0.2) is 4.96 Å². The van der Waals surface area contributed by atoms with Gasteiger partial charge < -0.3 is 4.90 Å². The Morgan fingerprint density at radius 1 is 1.39 bits per heavy atom. The van der Waals surface area contributed by atoms with Crippen LogP contribution in [0.4, 0.5) is 0 Å². The van der Waals surface area contributed by atoms with Gasteiger partial charge in [-0.15, -0.1) is 40.6 Å². The minimum atomic E-state index is 0.0327. The fourth-order valence-electron chi connectivity index (χ4n) is 2.47. The van der Waals surface area contributed by atoms with E-state index in [1.165, 1.54) is 16.2 Å². The molecule has 0 saturated heterocycles. The second-order valence-electron chi connectivity index (χ2n) is 5.02. The van der Waals surface area contributed by atoms with E-state index in [1.807, 2.05) is 44.5 Å². The van der Waals surface area contributed by atoms with Crippen molar-refractivity contribution in [2.75, 3.05) is 6.54 Å². The van der Waals surface area contributed by atoms with Crippen molar-refractivity contribution in [1.29, 1.82) is 0 Å². The molecule has 0 fully saturated rings. The molecule has 0 aliphatic heterocycles. The molecule has 4 aromatic rings. The van der Waals surface area contributed by atoms with Gasteiger partial charge in [0.25, 0.3) is 5.91 Å². The topological polar surface area (TPSA) is 37.6 Å². The van der Waals surface area contributed by atoms with Crippen LogP contribution >= 0.6 is 34.0 Å². The summed E-state index contributed by atoms with van der Waals surface area (Å²) in [4.78, 5) is 23.0. The smallest absolute Gasteiger partial charge is 0.264 e. The number of fused-ring (bicyclic) bond motifs is 3. The summed E-state index contributed by atoms with van der Waals surface area (Å²) in [6.07, 6.45) is 3.76. The fraction of sp³-hybridized carbons (Fsp3) is 0.125. The Morgan fingerprint density at radius 3 is 3.09 bits per heavy atom. The van der Waals surface area contributed by atoms with E-state index in [0.717, 1.165) is 20.2 Å². The van der Waals surface area contributed by atoms with Crippen LogP contribution in [0, 0.1) is 0 Å². The molecular formula is C16H13N3OS3. The van der Waals surface area contributed by atoms with Crippen molar-refractivity contribution >= 4 is 55.2 Å². The van der Waals surface area contributed by atoms with Gasteiger partial charge in [-0.25, -0.2) is 4.98 Å². The minimum absolute atomic E-state index is 0.0327. The lowest BCUT2D eigenvalue weighted by atomic mass is 10.3. The van der Waals surface area contributed by atoms with E-state index in [2.05, 4.69) is 11.6 Å². The molecule has 0 spiro atoms. The lowest BCUT2D eigenvalue weighted by molar-refractivity contribution is 0.0769. The zero-order valence-corrected chi connectivity index (χ0v) is 14.6. The molecule has 0 radical (unpaired) electrons. The van der Waals surface area contributed by atoms with Gasteiger partial charge in [-0.3, -0.25) is 9.20 Å². The molecule has 0 N–H and O–H groups in total. The third kappa shape index (κ3) is 2.60. The maximum atomic E-state index is 12.9. The van der Waals surface area contributed by atoms with Crippen molar-refractivity contribution in [3.63, 3.8) is 0 Å². The molecule has 0 aromatic carbocycles. The van der Waals surface area contributed by atoms with Crippen molar-refractivity contribution < 1.29 is 4.79 Å². The second kappa shape index (κ2) is 5.92. The summed E-state index contributed by atoms with van der Waals surface area (Å²) >= 11 is 4.72.